The summed E-state index contributed by atoms with van der Waals surface area (Å²) in [7, 11) is 0. The first kappa shape index (κ1) is 15.2. The van der Waals surface area contributed by atoms with Crippen molar-refractivity contribution in [2.75, 3.05) is 13.1 Å². The first-order valence-electron chi connectivity index (χ1n) is 7.37. The van der Waals surface area contributed by atoms with Gasteiger partial charge in [0.05, 0.1) is 5.69 Å². The van der Waals surface area contributed by atoms with E-state index in [0.29, 0.717) is 6.04 Å². The average Bonchev–Trinajstić information content (AvgIpc) is 2.62. The van der Waals surface area contributed by atoms with E-state index in [-0.39, 0.29) is 0 Å². The predicted molar refractivity (Wildman–Crippen MR) is 78.2 cm³/mol. The van der Waals surface area contributed by atoms with Crippen LogP contribution in [0.3, 0.4) is 0 Å². The van der Waals surface area contributed by atoms with Crippen LogP contribution in [0.2, 0.25) is 0 Å². The lowest BCUT2D eigenvalue weighted by Gasteiger charge is -2.13. The fourth-order valence-electron chi connectivity index (χ4n) is 2.54. The minimum absolute atomic E-state index is 0.519. The van der Waals surface area contributed by atoms with E-state index in [1.165, 1.54) is 36.2 Å². The Balaban J connectivity index is 2.68. The first-order chi connectivity index (χ1) is 8.61. The van der Waals surface area contributed by atoms with Gasteiger partial charge in [0.2, 0.25) is 0 Å². The quantitative estimate of drug-likeness (QED) is 0.718. The van der Waals surface area contributed by atoms with Crippen molar-refractivity contribution in [3.05, 3.63) is 17.0 Å². The van der Waals surface area contributed by atoms with Crippen molar-refractivity contribution in [1.82, 2.24) is 15.1 Å². The molecule has 104 valence electrons. The van der Waals surface area contributed by atoms with Crippen molar-refractivity contribution >= 4 is 0 Å². The Morgan fingerprint density at radius 1 is 1.17 bits per heavy atom. The summed E-state index contributed by atoms with van der Waals surface area (Å²) in [5.74, 6) is 0. The molecule has 0 radical (unpaired) electrons. The summed E-state index contributed by atoms with van der Waals surface area (Å²) in [6, 6.07) is 0.519. The number of aromatic nitrogens is 2. The van der Waals surface area contributed by atoms with Gasteiger partial charge in [0.1, 0.15) is 0 Å². The largest absolute Gasteiger partial charge is 0.316 e. The van der Waals surface area contributed by atoms with Gasteiger partial charge in [0.15, 0.2) is 0 Å². The van der Waals surface area contributed by atoms with Crippen LogP contribution >= 0.6 is 0 Å². The Bertz CT molecular complexity index is 355. The van der Waals surface area contributed by atoms with Gasteiger partial charge in [-0.3, -0.25) is 4.68 Å². The average molecular weight is 251 g/mol. The van der Waals surface area contributed by atoms with Crippen molar-refractivity contribution in [2.24, 2.45) is 0 Å². The highest BCUT2D eigenvalue weighted by Crippen LogP contribution is 2.20. The molecule has 0 saturated heterocycles. The molecule has 0 fully saturated rings. The van der Waals surface area contributed by atoms with Crippen LogP contribution < -0.4 is 5.32 Å². The number of nitrogens with one attached hydrogen (secondary N) is 1. The molecule has 1 N–H and O–H groups in total. The molecule has 0 aliphatic rings. The summed E-state index contributed by atoms with van der Waals surface area (Å²) in [5.41, 5.74) is 3.99. The number of hydrogen-bond acceptors (Lipinski definition) is 2. The molecule has 0 aliphatic heterocycles. The maximum absolute atomic E-state index is 4.72. The second-order valence-electron chi connectivity index (χ2n) is 5.23. The topological polar surface area (TPSA) is 29.9 Å². The molecule has 1 rings (SSSR count). The standard InChI is InChI=1S/C15H29N3/c1-6-8-12(3)18-14(5)15(13(4)17-18)9-11-16-10-7-2/h12,16H,6-11H2,1-5H3. The molecule has 1 unspecified atom stereocenters. The molecule has 1 aromatic rings. The third kappa shape index (κ3) is 3.84. The smallest absolute Gasteiger partial charge is 0.0629 e. The van der Waals surface area contributed by atoms with Crippen LogP contribution in [0.25, 0.3) is 0 Å². The summed E-state index contributed by atoms with van der Waals surface area (Å²) in [5, 5.41) is 8.18. The second-order valence-corrected chi connectivity index (χ2v) is 5.23. The van der Waals surface area contributed by atoms with E-state index < -0.39 is 0 Å². The Labute approximate surface area is 112 Å². The SMILES string of the molecule is CCCNCCc1c(C)nn(C(C)CCC)c1C. The lowest BCUT2D eigenvalue weighted by Crippen LogP contribution is -2.18. The third-order valence-corrected chi connectivity index (χ3v) is 3.58. The van der Waals surface area contributed by atoms with Crippen molar-refractivity contribution in [2.45, 2.75) is 66.3 Å². The minimum Gasteiger partial charge on any atom is -0.316 e. The van der Waals surface area contributed by atoms with E-state index in [9.17, 15) is 0 Å². The monoisotopic (exact) mass is 251 g/mol. The van der Waals surface area contributed by atoms with Crippen LogP contribution in [0, 0.1) is 13.8 Å². The Kier molecular flexibility index (Phi) is 6.41. The highest BCUT2D eigenvalue weighted by Gasteiger charge is 2.14. The van der Waals surface area contributed by atoms with Gasteiger partial charge in [-0.25, -0.2) is 0 Å². The van der Waals surface area contributed by atoms with Gasteiger partial charge < -0.3 is 5.32 Å². The zero-order chi connectivity index (χ0) is 13.5. The van der Waals surface area contributed by atoms with Gasteiger partial charge >= 0.3 is 0 Å². The highest BCUT2D eigenvalue weighted by molar-refractivity contribution is 5.25. The second kappa shape index (κ2) is 7.57. The molecule has 0 aliphatic carbocycles. The predicted octanol–water partition coefficient (Wildman–Crippen LogP) is 3.40. The third-order valence-electron chi connectivity index (χ3n) is 3.58. The van der Waals surface area contributed by atoms with Gasteiger partial charge in [-0.1, -0.05) is 20.3 Å². The van der Waals surface area contributed by atoms with Crippen LogP contribution in [-0.2, 0) is 6.42 Å². The molecule has 1 aromatic heterocycles. The molecule has 3 heteroatoms. The van der Waals surface area contributed by atoms with E-state index in [2.05, 4.69) is 44.6 Å². The van der Waals surface area contributed by atoms with Crippen LogP contribution in [0.4, 0.5) is 0 Å². The number of rotatable bonds is 8. The summed E-state index contributed by atoms with van der Waals surface area (Å²) < 4.78 is 2.22. The fraction of sp³-hybridized carbons (Fsp3) is 0.800. The molecular formula is C15H29N3. The molecule has 1 atom stereocenters. The molecule has 0 spiro atoms. The number of nitrogens with zero attached hydrogens (tertiary/aromatic N) is 2. The lowest BCUT2D eigenvalue weighted by atomic mass is 10.1. The van der Waals surface area contributed by atoms with Crippen LogP contribution in [-0.4, -0.2) is 22.9 Å². The number of hydrogen-bond donors (Lipinski definition) is 1. The van der Waals surface area contributed by atoms with Gasteiger partial charge in [0, 0.05) is 11.7 Å². The van der Waals surface area contributed by atoms with Gasteiger partial charge in [0.25, 0.3) is 0 Å². The van der Waals surface area contributed by atoms with E-state index in [1.807, 2.05) is 0 Å². The molecular weight excluding hydrogens is 222 g/mol. The number of aryl methyl sites for hydroxylation is 1. The van der Waals surface area contributed by atoms with Crippen molar-refractivity contribution in [3.8, 4) is 0 Å². The highest BCUT2D eigenvalue weighted by atomic mass is 15.3. The van der Waals surface area contributed by atoms with Gasteiger partial charge in [-0.05, 0) is 58.7 Å². The van der Waals surface area contributed by atoms with Gasteiger partial charge in [-0.15, -0.1) is 0 Å². The molecule has 18 heavy (non-hydrogen) atoms. The van der Waals surface area contributed by atoms with Crippen LogP contribution in [0.5, 0.6) is 0 Å². The minimum atomic E-state index is 0.519. The summed E-state index contributed by atoms with van der Waals surface area (Å²) in [4.78, 5) is 0. The molecule has 3 nitrogen and oxygen atoms in total. The zero-order valence-electron chi connectivity index (χ0n) is 12.7. The van der Waals surface area contributed by atoms with E-state index in [0.717, 1.165) is 19.5 Å². The summed E-state index contributed by atoms with van der Waals surface area (Å²) >= 11 is 0. The van der Waals surface area contributed by atoms with Crippen molar-refractivity contribution < 1.29 is 0 Å². The van der Waals surface area contributed by atoms with Crippen molar-refractivity contribution in [3.63, 3.8) is 0 Å². The zero-order valence-corrected chi connectivity index (χ0v) is 12.7. The fourth-order valence-corrected chi connectivity index (χ4v) is 2.54. The molecule has 1 heterocycles. The van der Waals surface area contributed by atoms with Crippen molar-refractivity contribution in [1.29, 1.82) is 0 Å². The van der Waals surface area contributed by atoms with Gasteiger partial charge in [-0.2, -0.15) is 5.10 Å². The Hall–Kier alpha value is -0.830. The molecule has 0 bridgehead atoms. The van der Waals surface area contributed by atoms with E-state index in [4.69, 9.17) is 5.10 Å². The van der Waals surface area contributed by atoms with E-state index >= 15 is 0 Å². The lowest BCUT2D eigenvalue weighted by molar-refractivity contribution is 0.443. The normalized spacial score (nSPS) is 12.9. The van der Waals surface area contributed by atoms with E-state index in [1.54, 1.807) is 0 Å². The van der Waals surface area contributed by atoms with Crippen LogP contribution in [0.1, 0.15) is 63.0 Å². The summed E-state index contributed by atoms with van der Waals surface area (Å²) in [6.07, 6.45) is 4.71. The molecule has 0 amide bonds. The summed E-state index contributed by atoms with van der Waals surface area (Å²) in [6.45, 7) is 13.2. The Morgan fingerprint density at radius 3 is 2.50 bits per heavy atom. The first-order valence-corrected chi connectivity index (χ1v) is 7.37. The maximum atomic E-state index is 4.72. The molecule has 0 saturated carbocycles. The Morgan fingerprint density at radius 2 is 1.89 bits per heavy atom. The maximum Gasteiger partial charge on any atom is 0.0629 e. The van der Waals surface area contributed by atoms with Crippen LogP contribution in [0.15, 0.2) is 0 Å². The molecule has 0 aromatic carbocycles.